The van der Waals surface area contributed by atoms with Crippen molar-refractivity contribution in [2.24, 2.45) is 0 Å². The predicted molar refractivity (Wildman–Crippen MR) is 119 cm³/mol. The zero-order chi connectivity index (χ0) is 21.1. The van der Waals surface area contributed by atoms with Crippen molar-refractivity contribution < 1.29 is 9.53 Å². The van der Waals surface area contributed by atoms with Gasteiger partial charge in [0.25, 0.3) is 0 Å². The molecule has 9 heteroatoms. The largest absolute Gasteiger partial charge is 0.497 e. The number of methoxy groups -OCH3 is 1. The summed E-state index contributed by atoms with van der Waals surface area (Å²) in [5, 5.41) is 12.2. The Bertz CT molecular complexity index is 1040. The fourth-order valence-electron chi connectivity index (χ4n) is 3.31. The van der Waals surface area contributed by atoms with E-state index in [1.807, 2.05) is 41.1 Å². The molecule has 0 spiro atoms. The van der Waals surface area contributed by atoms with Gasteiger partial charge in [0.15, 0.2) is 5.82 Å². The Morgan fingerprint density at radius 3 is 2.70 bits per heavy atom. The number of ether oxygens (including phenoxy) is 1. The smallest absolute Gasteiger partial charge is 0.240 e. The molecule has 0 radical (unpaired) electrons. The lowest BCUT2D eigenvalue weighted by atomic mass is 10.0. The molecule has 0 fully saturated rings. The van der Waals surface area contributed by atoms with E-state index < -0.39 is 5.25 Å². The summed E-state index contributed by atoms with van der Waals surface area (Å²) in [6, 6.07) is 14.6. The highest BCUT2D eigenvalue weighted by atomic mass is 35.5. The number of nitrogens with zero attached hydrogens (tertiary/aromatic N) is 3. The van der Waals surface area contributed by atoms with E-state index in [0.717, 1.165) is 30.0 Å². The predicted octanol–water partition coefficient (Wildman–Crippen LogP) is 4.29. The van der Waals surface area contributed by atoms with Gasteiger partial charge in [-0.05, 0) is 36.2 Å². The molecule has 7 nitrogen and oxygen atoms in total. The molecule has 3 aromatic rings. The van der Waals surface area contributed by atoms with E-state index in [0.29, 0.717) is 15.9 Å². The third-order valence-corrected chi connectivity index (χ3v) is 6.39. The molecule has 0 saturated heterocycles. The Labute approximate surface area is 184 Å². The summed E-state index contributed by atoms with van der Waals surface area (Å²) >= 11 is 7.63. The number of amides is 1. The van der Waals surface area contributed by atoms with Crippen molar-refractivity contribution in [2.75, 3.05) is 17.9 Å². The fourth-order valence-corrected chi connectivity index (χ4v) is 4.59. The summed E-state index contributed by atoms with van der Waals surface area (Å²) in [6.45, 7) is 2.10. The third kappa shape index (κ3) is 4.11. The molecule has 0 unspecified atom stereocenters. The number of hydrogen-bond acceptors (Lipinski definition) is 6. The van der Waals surface area contributed by atoms with Crippen LogP contribution in [0.4, 0.5) is 5.69 Å². The van der Waals surface area contributed by atoms with Crippen LogP contribution in [0, 0.1) is 0 Å². The summed E-state index contributed by atoms with van der Waals surface area (Å²) in [5.74, 6) is 1.45. The zero-order valence-electron chi connectivity index (χ0n) is 16.6. The Balaban J connectivity index is 1.67. The van der Waals surface area contributed by atoms with Crippen LogP contribution in [0.2, 0.25) is 5.02 Å². The molecule has 2 heterocycles. The number of halogens is 1. The maximum absolute atomic E-state index is 13.3. The first-order valence-electron chi connectivity index (χ1n) is 9.67. The molecular weight excluding hydrogens is 422 g/mol. The second-order valence-corrected chi connectivity index (χ2v) is 8.39. The molecule has 4 rings (SSSR count). The highest BCUT2D eigenvalue weighted by Gasteiger charge is 2.38. The number of nitrogens with one attached hydrogen (secondary N) is 2. The van der Waals surface area contributed by atoms with E-state index in [9.17, 15) is 4.79 Å². The van der Waals surface area contributed by atoms with Crippen LogP contribution in [0.3, 0.4) is 0 Å². The number of para-hydroxylation sites is 1. The Hall–Kier alpha value is -2.71. The van der Waals surface area contributed by atoms with Crippen LogP contribution in [0.1, 0.15) is 30.8 Å². The number of rotatable bonds is 6. The van der Waals surface area contributed by atoms with E-state index >= 15 is 0 Å². The van der Waals surface area contributed by atoms with Crippen LogP contribution < -0.4 is 15.5 Å². The highest BCUT2D eigenvalue weighted by Crippen LogP contribution is 2.38. The van der Waals surface area contributed by atoms with Gasteiger partial charge in [0.1, 0.15) is 11.0 Å². The molecule has 1 aliphatic rings. The lowest BCUT2D eigenvalue weighted by molar-refractivity contribution is -0.116. The van der Waals surface area contributed by atoms with Crippen molar-refractivity contribution >= 4 is 35.0 Å². The number of benzene rings is 2. The van der Waals surface area contributed by atoms with Crippen LogP contribution in [0.25, 0.3) is 0 Å². The third-order valence-electron chi connectivity index (χ3n) is 4.84. The van der Waals surface area contributed by atoms with Crippen LogP contribution in [0.15, 0.2) is 53.7 Å². The van der Waals surface area contributed by atoms with Crippen LogP contribution in [0.5, 0.6) is 5.75 Å². The normalized spacial score (nSPS) is 17.7. The van der Waals surface area contributed by atoms with Crippen LogP contribution in [-0.2, 0) is 11.2 Å². The molecule has 0 aliphatic carbocycles. The Morgan fingerprint density at radius 1 is 1.23 bits per heavy atom. The minimum Gasteiger partial charge on any atom is -0.497 e. The number of fused-ring (bicyclic) bond motifs is 1. The standard InChI is InChI=1S/C21H22ClN5O2S/c1-3-6-17-24-25-21-27(17)26-18(13-9-11-14(29-2)12-10-13)19(30-21)20(28)23-16-8-5-4-7-15(16)22/h4-5,7-12,18-19,26H,3,6H2,1-2H3,(H,23,28)/t18-,19-/m1/s1. The first-order valence-corrected chi connectivity index (χ1v) is 10.9. The molecule has 2 aromatic carbocycles. The van der Waals surface area contributed by atoms with E-state index in [1.165, 1.54) is 11.8 Å². The second-order valence-electron chi connectivity index (χ2n) is 6.87. The van der Waals surface area contributed by atoms with E-state index in [4.69, 9.17) is 16.3 Å². The summed E-state index contributed by atoms with van der Waals surface area (Å²) in [4.78, 5) is 13.3. The molecule has 1 amide bonds. The van der Waals surface area contributed by atoms with Gasteiger partial charge in [-0.1, -0.05) is 54.6 Å². The van der Waals surface area contributed by atoms with Gasteiger partial charge in [-0.3, -0.25) is 4.79 Å². The lowest BCUT2D eigenvalue weighted by Gasteiger charge is -2.33. The van der Waals surface area contributed by atoms with Gasteiger partial charge in [-0.15, -0.1) is 10.2 Å². The van der Waals surface area contributed by atoms with Crippen molar-refractivity contribution in [1.29, 1.82) is 0 Å². The van der Waals surface area contributed by atoms with Gasteiger partial charge < -0.3 is 15.5 Å². The maximum Gasteiger partial charge on any atom is 0.240 e. The van der Waals surface area contributed by atoms with Crippen molar-refractivity contribution in [1.82, 2.24) is 14.9 Å². The topological polar surface area (TPSA) is 81.1 Å². The van der Waals surface area contributed by atoms with Gasteiger partial charge in [-0.25, -0.2) is 4.68 Å². The number of aryl methyl sites for hydroxylation is 1. The van der Waals surface area contributed by atoms with E-state index in [2.05, 4.69) is 27.9 Å². The average Bonchev–Trinajstić information content (AvgIpc) is 3.16. The van der Waals surface area contributed by atoms with Gasteiger partial charge >= 0.3 is 0 Å². The molecule has 0 bridgehead atoms. The number of thioether (sulfide) groups is 1. The van der Waals surface area contributed by atoms with Gasteiger partial charge in [-0.2, -0.15) is 0 Å². The monoisotopic (exact) mass is 443 g/mol. The maximum atomic E-state index is 13.3. The fraction of sp³-hybridized carbons (Fsp3) is 0.286. The summed E-state index contributed by atoms with van der Waals surface area (Å²) in [7, 11) is 1.63. The minimum atomic E-state index is -0.471. The van der Waals surface area contributed by atoms with Crippen LogP contribution in [-0.4, -0.2) is 33.1 Å². The number of aromatic nitrogens is 3. The van der Waals surface area contributed by atoms with E-state index in [1.54, 1.807) is 19.2 Å². The quantitative estimate of drug-likeness (QED) is 0.591. The van der Waals surface area contributed by atoms with Crippen molar-refractivity contribution in [3.05, 3.63) is 64.9 Å². The van der Waals surface area contributed by atoms with E-state index in [-0.39, 0.29) is 11.9 Å². The van der Waals surface area contributed by atoms with Gasteiger partial charge in [0.2, 0.25) is 11.1 Å². The Morgan fingerprint density at radius 2 is 2.00 bits per heavy atom. The Kier molecular flexibility index (Phi) is 6.15. The first kappa shape index (κ1) is 20.6. The second kappa shape index (κ2) is 8.97. The van der Waals surface area contributed by atoms with Crippen molar-refractivity contribution in [3.63, 3.8) is 0 Å². The zero-order valence-corrected chi connectivity index (χ0v) is 18.2. The molecule has 156 valence electrons. The average molecular weight is 444 g/mol. The first-order chi connectivity index (χ1) is 14.6. The number of carbonyl (C=O) groups excluding carboxylic acids is 1. The molecule has 2 N–H and O–H groups in total. The number of carbonyl (C=O) groups is 1. The van der Waals surface area contributed by atoms with Crippen molar-refractivity contribution in [3.8, 4) is 5.75 Å². The van der Waals surface area contributed by atoms with Gasteiger partial charge in [0, 0.05) is 6.42 Å². The van der Waals surface area contributed by atoms with Crippen molar-refractivity contribution in [2.45, 2.75) is 36.2 Å². The molecular formula is C21H22ClN5O2S. The molecule has 0 saturated carbocycles. The van der Waals surface area contributed by atoms with Crippen LogP contribution >= 0.6 is 23.4 Å². The molecule has 1 aromatic heterocycles. The highest BCUT2D eigenvalue weighted by molar-refractivity contribution is 8.00. The summed E-state index contributed by atoms with van der Waals surface area (Å²) in [6.07, 6.45) is 1.75. The SMILES string of the molecule is CCCc1nnc2n1N[C@H](c1ccc(OC)cc1)[C@H](C(=O)Nc1ccccc1Cl)S2. The number of anilines is 1. The molecule has 2 atom stereocenters. The lowest BCUT2D eigenvalue weighted by Crippen LogP contribution is -2.41. The molecule has 30 heavy (non-hydrogen) atoms. The minimum absolute atomic E-state index is 0.160. The summed E-state index contributed by atoms with van der Waals surface area (Å²) in [5.41, 5.74) is 4.99. The number of hydrogen-bond donors (Lipinski definition) is 2. The summed E-state index contributed by atoms with van der Waals surface area (Å²) < 4.78 is 7.16. The van der Waals surface area contributed by atoms with Gasteiger partial charge in [0.05, 0.1) is 23.9 Å². The molecule has 1 aliphatic heterocycles.